The van der Waals surface area contributed by atoms with Gasteiger partial charge < -0.3 is 10.6 Å². The summed E-state index contributed by atoms with van der Waals surface area (Å²) in [6.45, 7) is 3.97. The molecule has 132 valence electrons. The Labute approximate surface area is 151 Å². The van der Waals surface area contributed by atoms with E-state index in [9.17, 15) is 9.59 Å². The van der Waals surface area contributed by atoms with Crippen molar-refractivity contribution in [1.29, 1.82) is 0 Å². The van der Waals surface area contributed by atoms with Crippen LogP contribution in [0.3, 0.4) is 0 Å². The number of amides is 2. The molecule has 0 radical (unpaired) electrons. The van der Waals surface area contributed by atoms with Crippen molar-refractivity contribution in [3.05, 3.63) is 47.0 Å². The van der Waals surface area contributed by atoms with Crippen LogP contribution in [-0.4, -0.2) is 22.8 Å². The molecule has 1 aromatic heterocycles. The number of thiazole rings is 1. The van der Waals surface area contributed by atoms with E-state index in [4.69, 9.17) is 0 Å². The molecule has 1 heterocycles. The van der Waals surface area contributed by atoms with Gasteiger partial charge >= 0.3 is 0 Å². The lowest BCUT2D eigenvalue weighted by Gasteiger charge is -2.23. The van der Waals surface area contributed by atoms with Crippen molar-refractivity contribution in [1.82, 2.24) is 10.3 Å². The number of carbonyl (C=O) groups is 2. The van der Waals surface area contributed by atoms with E-state index in [2.05, 4.69) is 15.6 Å². The number of hydrogen-bond acceptors (Lipinski definition) is 4. The first kappa shape index (κ1) is 17.6. The lowest BCUT2D eigenvalue weighted by molar-refractivity contribution is -0.119. The molecule has 3 rings (SSSR count). The number of carbonyl (C=O) groups excluding carboxylic acids is 2. The summed E-state index contributed by atoms with van der Waals surface area (Å²) in [4.78, 5) is 29.6. The summed E-state index contributed by atoms with van der Waals surface area (Å²) in [6, 6.07) is 8.36. The highest BCUT2D eigenvalue weighted by Crippen LogP contribution is 2.40. The summed E-state index contributed by atoms with van der Waals surface area (Å²) in [5.74, 6) is 0.134. The van der Waals surface area contributed by atoms with Crippen LogP contribution in [-0.2, 0) is 4.79 Å². The molecular weight excluding hydrogens is 334 g/mol. The monoisotopic (exact) mass is 357 g/mol. The molecule has 1 aliphatic rings. The van der Waals surface area contributed by atoms with Gasteiger partial charge in [0.1, 0.15) is 6.04 Å². The van der Waals surface area contributed by atoms with Crippen LogP contribution in [0.1, 0.15) is 55.1 Å². The average Bonchev–Trinajstić information content (AvgIpc) is 3.39. The van der Waals surface area contributed by atoms with Gasteiger partial charge in [0, 0.05) is 16.9 Å². The minimum atomic E-state index is -0.592. The molecule has 0 aliphatic heterocycles. The van der Waals surface area contributed by atoms with E-state index in [0.29, 0.717) is 16.6 Å². The third-order valence-electron chi connectivity index (χ3n) is 4.57. The van der Waals surface area contributed by atoms with E-state index < -0.39 is 6.04 Å². The van der Waals surface area contributed by atoms with Gasteiger partial charge in [0.05, 0.1) is 5.69 Å². The predicted octanol–water partition coefficient (Wildman–Crippen LogP) is 3.80. The van der Waals surface area contributed by atoms with Crippen molar-refractivity contribution in [2.45, 2.75) is 45.1 Å². The van der Waals surface area contributed by atoms with E-state index >= 15 is 0 Å². The molecule has 2 aromatic rings. The topological polar surface area (TPSA) is 71.1 Å². The molecular formula is C19H23N3O2S. The fraction of sp³-hybridized carbons (Fsp3) is 0.421. The summed E-state index contributed by atoms with van der Waals surface area (Å²) in [5.41, 5.74) is 1.61. The number of hydrogen-bond donors (Lipinski definition) is 2. The zero-order valence-corrected chi connectivity index (χ0v) is 15.3. The van der Waals surface area contributed by atoms with Crippen molar-refractivity contribution >= 4 is 28.3 Å². The predicted molar refractivity (Wildman–Crippen MR) is 99.9 cm³/mol. The first-order valence-corrected chi connectivity index (χ1v) is 9.58. The molecule has 0 saturated heterocycles. The zero-order valence-electron chi connectivity index (χ0n) is 14.5. The summed E-state index contributed by atoms with van der Waals surface area (Å²) in [6.07, 6.45) is 3.15. The van der Waals surface area contributed by atoms with Crippen molar-refractivity contribution in [3.8, 4) is 0 Å². The number of benzene rings is 1. The molecule has 6 heteroatoms. The van der Waals surface area contributed by atoms with Crippen molar-refractivity contribution in [2.75, 3.05) is 5.32 Å². The number of anilines is 1. The highest BCUT2D eigenvalue weighted by Gasteiger charge is 2.29. The lowest BCUT2D eigenvalue weighted by atomic mass is 9.98. The number of nitrogens with one attached hydrogen (secondary N) is 2. The molecule has 25 heavy (non-hydrogen) atoms. The maximum absolute atomic E-state index is 12.7. The van der Waals surface area contributed by atoms with E-state index in [-0.39, 0.29) is 17.7 Å². The lowest BCUT2D eigenvalue weighted by Crippen LogP contribution is -2.47. The Morgan fingerprint density at radius 2 is 2.00 bits per heavy atom. The summed E-state index contributed by atoms with van der Waals surface area (Å²) >= 11 is 1.44. The van der Waals surface area contributed by atoms with Crippen molar-refractivity contribution in [2.24, 2.45) is 5.92 Å². The van der Waals surface area contributed by atoms with Crippen LogP contribution in [0.5, 0.6) is 0 Å². The van der Waals surface area contributed by atoms with Crippen LogP contribution in [0.2, 0.25) is 0 Å². The van der Waals surface area contributed by atoms with Gasteiger partial charge in [0.15, 0.2) is 5.13 Å². The third kappa shape index (κ3) is 4.45. The Kier molecular flexibility index (Phi) is 5.48. The smallest absolute Gasteiger partial charge is 0.251 e. The zero-order chi connectivity index (χ0) is 17.8. The molecule has 0 spiro atoms. The van der Waals surface area contributed by atoms with E-state index in [1.54, 1.807) is 12.1 Å². The standard InChI is InChI=1S/C19H23N3O2S/c1-3-12(2)16(21-17(23)14-7-5-4-6-8-14)18(24)22-19-20-15(11-25-19)13-9-10-13/h4-8,11-13,16H,3,9-10H2,1-2H3,(H,21,23)(H,20,22,24). The third-order valence-corrected chi connectivity index (χ3v) is 5.34. The van der Waals surface area contributed by atoms with Gasteiger partial charge in [-0.15, -0.1) is 11.3 Å². The fourth-order valence-electron chi connectivity index (χ4n) is 2.61. The Morgan fingerprint density at radius 1 is 1.28 bits per heavy atom. The van der Waals surface area contributed by atoms with E-state index in [0.717, 1.165) is 12.1 Å². The fourth-order valence-corrected chi connectivity index (χ4v) is 3.40. The first-order chi connectivity index (χ1) is 12.1. The Bertz CT molecular complexity index is 740. The number of aromatic nitrogens is 1. The molecule has 2 unspecified atom stereocenters. The molecule has 2 amide bonds. The minimum Gasteiger partial charge on any atom is -0.340 e. The Balaban J connectivity index is 1.68. The normalized spacial score (nSPS) is 16.1. The van der Waals surface area contributed by atoms with Crippen LogP contribution in [0.4, 0.5) is 5.13 Å². The molecule has 1 saturated carbocycles. The second kappa shape index (κ2) is 7.78. The SMILES string of the molecule is CCC(C)C(NC(=O)c1ccccc1)C(=O)Nc1nc(C2CC2)cs1. The van der Waals surface area contributed by atoms with Gasteiger partial charge in [-0.2, -0.15) is 0 Å². The van der Waals surface area contributed by atoms with E-state index in [1.165, 1.54) is 24.2 Å². The molecule has 1 fully saturated rings. The molecule has 1 aromatic carbocycles. The maximum Gasteiger partial charge on any atom is 0.251 e. The molecule has 2 atom stereocenters. The maximum atomic E-state index is 12.7. The average molecular weight is 357 g/mol. The summed E-state index contributed by atoms with van der Waals surface area (Å²) < 4.78 is 0. The molecule has 1 aliphatic carbocycles. The molecule has 2 N–H and O–H groups in total. The highest BCUT2D eigenvalue weighted by molar-refractivity contribution is 7.13. The quantitative estimate of drug-likeness (QED) is 0.792. The van der Waals surface area contributed by atoms with Crippen LogP contribution >= 0.6 is 11.3 Å². The van der Waals surface area contributed by atoms with Crippen LogP contribution in [0.25, 0.3) is 0 Å². The summed E-state index contributed by atoms with van der Waals surface area (Å²) in [5, 5.41) is 8.36. The largest absolute Gasteiger partial charge is 0.340 e. The van der Waals surface area contributed by atoms with Crippen LogP contribution in [0.15, 0.2) is 35.7 Å². The first-order valence-electron chi connectivity index (χ1n) is 8.70. The second-order valence-corrected chi connectivity index (χ2v) is 7.40. The van der Waals surface area contributed by atoms with Gasteiger partial charge in [-0.25, -0.2) is 4.98 Å². The van der Waals surface area contributed by atoms with Gasteiger partial charge in [-0.1, -0.05) is 38.5 Å². The number of rotatable bonds is 7. The van der Waals surface area contributed by atoms with Gasteiger partial charge in [0.25, 0.3) is 5.91 Å². The molecule has 0 bridgehead atoms. The van der Waals surface area contributed by atoms with Crippen LogP contribution < -0.4 is 10.6 Å². The van der Waals surface area contributed by atoms with Crippen molar-refractivity contribution < 1.29 is 9.59 Å². The van der Waals surface area contributed by atoms with Crippen molar-refractivity contribution in [3.63, 3.8) is 0 Å². The minimum absolute atomic E-state index is 0.0236. The number of nitrogens with zero attached hydrogens (tertiary/aromatic N) is 1. The highest BCUT2D eigenvalue weighted by atomic mass is 32.1. The summed E-state index contributed by atoms with van der Waals surface area (Å²) in [7, 11) is 0. The molecule has 5 nitrogen and oxygen atoms in total. The Morgan fingerprint density at radius 3 is 2.64 bits per heavy atom. The Hall–Kier alpha value is -2.21. The van der Waals surface area contributed by atoms with Gasteiger partial charge in [-0.3, -0.25) is 9.59 Å². The van der Waals surface area contributed by atoms with Crippen LogP contribution in [0, 0.1) is 5.92 Å². The van der Waals surface area contributed by atoms with Gasteiger partial charge in [0.2, 0.25) is 5.91 Å². The van der Waals surface area contributed by atoms with Gasteiger partial charge in [-0.05, 0) is 30.9 Å². The van der Waals surface area contributed by atoms with E-state index in [1.807, 2.05) is 37.4 Å². The second-order valence-electron chi connectivity index (χ2n) is 6.54.